The number of hydrogen-bond donors (Lipinski definition) is 1. The molecule has 1 saturated carbocycles. The molecule has 1 heterocycles. The van der Waals surface area contributed by atoms with E-state index in [1.54, 1.807) is 0 Å². The summed E-state index contributed by atoms with van der Waals surface area (Å²) in [4.78, 5) is 23.2. The molecule has 1 aliphatic carbocycles. The van der Waals surface area contributed by atoms with Crippen LogP contribution in [0.15, 0.2) is 48.5 Å². The molecular weight excluding hydrogens is 368 g/mol. The Balaban J connectivity index is 1.52. The van der Waals surface area contributed by atoms with Crippen LogP contribution in [0.2, 0.25) is 0 Å². The van der Waals surface area contributed by atoms with Crippen molar-refractivity contribution in [1.29, 1.82) is 0 Å². The quantitative estimate of drug-likeness (QED) is 0.512. The molecule has 9 heteroatoms. The van der Waals surface area contributed by atoms with Crippen LogP contribution in [0.4, 0.5) is 10.8 Å². The normalized spacial score (nSPS) is 13.2. The molecule has 0 radical (unpaired) electrons. The van der Waals surface area contributed by atoms with Gasteiger partial charge in [-0.05, 0) is 25.0 Å². The van der Waals surface area contributed by atoms with Crippen LogP contribution in [-0.4, -0.2) is 27.1 Å². The van der Waals surface area contributed by atoms with Gasteiger partial charge in [0.2, 0.25) is 5.13 Å². The van der Waals surface area contributed by atoms with Gasteiger partial charge in [-0.1, -0.05) is 41.7 Å². The molecule has 0 atom stereocenters. The van der Waals surface area contributed by atoms with Crippen LogP contribution in [0.3, 0.4) is 0 Å². The van der Waals surface area contributed by atoms with E-state index in [0.717, 1.165) is 18.4 Å². The third kappa shape index (κ3) is 3.93. The third-order valence-electron chi connectivity index (χ3n) is 3.90. The summed E-state index contributed by atoms with van der Waals surface area (Å²) < 4.78 is 5.53. The van der Waals surface area contributed by atoms with Crippen LogP contribution in [-0.2, 0) is 0 Å². The number of benzene rings is 2. The molecule has 136 valence electrons. The molecule has 0 spiro atoms. The summed E-state index contributed by atoms with van der Waals surface area (Å²) in [6, 6.07) is 13.6. The van der Waals surface area contributed by atoms with E-state index < -0.39 is 10.8 Å². The number of hydrogen-bond acceptors (Lipinski definition) is 7. The highest BCUT2D eigenvalue weighted by Gasteiger charge is 2.28. The molecule has 1 aromatic heterocycles. The Morgan fingerprint density at radius 2 is 1.96 bits per heavy atom. The maximum Gasteiger partial charge on any atom is 0.311 e. The van der Waals surface area contributed by atoms with Crippen molar-refractivity contribution in [3.05, 3.63) is 64.2 Å². The minimum atomic E-state index is -0.549. The van der Waals surface area contributed by atoms with Crippen LogP contribution in [0.1, 0.15) is 23.2 Å². The van der Waals surface area contributed by atoms with Crippen molar-refractivity contribution in [2.45, 2.75) is 18.9 Å². The lowest BCUT2D eigenvalue weighted by atomic mass is 10.1. The van der Waals surface area contributed by atoms with Crippen LogP contribution in [0.25, 0.3) is 10.6 Å². The summed E-state index contributed by atoms with van der Waals surface area (Å²) in [5, 5.41) is 22.9. The number of nitro groups is 1. The number of nitrogens with one attached hydrogen (secondary N) is 1. The lowest BCUT2D eigenvalue weighted by Gasteiger charge is -2.07. The van der Waals surface area contributed by atoms with Gasteiger partial charge in [0.1, 0.15) is 5.01 Å². The van der Waals surface area contributed by atoms with Gasteiger partial charge >= 0.3 is 5.69 Å². The van der Waals surface area contributed by atoms with Gasteiger partial charge < -0.3 is 4.74 Å². The van der Waals surface area contributed by atoms with Crippen LogP contribution in [0, 0.1) is 10.1 Å². The molecule has 27 heavy (non-hydrogen) atoms. The Morgan fingerprint density at radius 1 is 1.19 bits per heavy atom. The number of anilines is 1. The first-order chi connectivity index (χ1) is 13.1. The van der Waals surface area contributed by atoms with Gasteiger partial charge in [-0.15, -0.1) is 10.2 Å². The molecule has 0 saturated heterocycles. The predicted molar refractivity (Wildman–Crippen MR) is 100 cm³/mol. The zero-order valence-electron chi connectivity index (χ0n) is 14.0. The van der Waals surface area contributed by atoms with Gasteiger partial charge in [-0.2, -0.15) is 0 Å². The fourth-order valence-electron chi connectivity index (χ4n) is 2.41. The predicted octanol–water partition coefficient (Wildman–Crippen LogP) is 3.91. The van der Waals surface area contributed by atoms with Crippen LogP contribution < -0.4 is 10.1 Å². The van der Waals surface area contributed by atoms with Crippen molar-refractivity contribution in [1.82, 2.24) is 10.2 Å². The Labute approximate surface area is 158 Å². The number of nitro benzene ring substituents is 1. The lowest BCUT2D eigenvalue weighted by Crippen LogP contribution is -2.12. The summed E-state index contributed by atoms with van der Waals surface area (Å²) in [7, 11) is 0. The van der Waals surface area contributed by atoms with Crippen molar-refractivity contribution >= 4 is 28.1 Å². The minimum absolute atomic E-state index is 0.0289. The largest absolute Gasteiger partial charge is 0.483 e. The van der Waals surface area contributed by atoms with Crippen molar-refractivity contribution < 1.29 is 14.5 Å². The van der Waals surface area contributed by atoms with Gasteiger partial charge in [0.05, 0.1) is 11.0 Å². The number of carbonyl (C=O) groups is 1. The lowest BCUT2D eigenvalue weighted by molar-refractivity contribution is -0.386. The molecule has 3 aromatic rings. The summed E-state index contributed by atoms with van der Waals surface area (Å²) >= 11 is 1.23. The average Bonchev–Trinajstić information content (AvgIpc) is 3.37. The Morgan fingerprint density at radius 3 is 2.67 bits per heavy atom. The molecule has 4 rings (SSSR count). The average molecular weight is 382 g/mol. The van der Waals surface area contributed by atoms with Gasteiger partial charge in [0, 0.05) is 17.2 Å². The second-order valence-corrected chi connectivity index (χ2v) is 6.97. The number of carbonyl (C=O) groups excluding carboxylic acids is 1. The molecule has 0 unspecified atom stereocenters. The maximum atomic E-state index is 12.4. The summed E-state index contributed by atoms with van der Waals surface area (Å²) in [5.41, 5.74) is 0.825. The fourth-order valence-corrected chi connectivity index (χ4v) is 3.15. The first-order valence-corrected chi connectivity index (χ1v) is 9.07. The number of rotatable bonds is 6. The minimum Gasteiger partial charge on any atom is -0.483 e. The molecule has 1 fully saturated rings. The molecule has 0 aliphatic heterocycles. The van der Waals surface area contributed by atoms with Gasteiger partial charge in [0.25, 0.3) is 5.91 Å². The van der Waals surface area contributed by atoms with Crippen molar-refractivity contribution in [3.63, 3.8) is 0 Å². The van der Waals surface area contributed by atoms with Crippen molar-refractivity contribution in [2.24, 2.45) is 0 Å². The monoisotopic (exact) mass is 382 g/mol. The number of amides is 1. The van der Waals surface area contributed by atoms with E-state index in [-0.39, 0.29) is 23.1 Å². The zero-order chi connectivity index (χ0) is 18.8. The SMILES string of the molecule is O=C(Nc1nnc(-c2ccccc2)s1)c1ccc(OC2CC2)c([N+](=O)[O-])c1. The summed E-state index contributed by atoms with van der Waals surface area (Å²) in [5.74, 6) is -0.312. The van der Waals surface area contributed by atoms with E-state index in [9.17, 15) is 14.9 Å². The Kier molecular flexibility index (Phi) is 4.51. The van der Waals surface area contributed by atoms with E-state index in [0.29, 0.717) is 10.1 Å². The van der Waals surface area contributed by atoms with Gasteiger partial charge in [0.15, 0.2) is 5.75 Å². The number of aromatic nitrogens is 2. The van der Waals surface area contributed by atoms with E-state index in [1.807, 2.05) is 30.3 Å². The van der Waals surface area contributed by atoms with Gasteiger partial charge in [-0.3, -0.25) is 20.2 Å². The summed E-state index contributed by atoms with van der Waals surface area (Å²) in [6.45, 7) is 0. The smallest absolute Gasteiger partial charge is 0.311 e. The third-order valence-corrected chi connectivity index (χ3v) is 4.79. The van der Waals surface area contributed by atoms with Crippen LogP contribution in [0.5, 0.6) is 5.75 Å². The second-order valence-electron chi connectivity index (χ2n) is 5.99. The first kappa shape index (κ1) is 17.1. The second kappa shape index (κ2) is 7.12. The van der Waals surface area contributed by atoms with Gasteiger partial charge in [-0.25, -0.2) is 0 Å². The summed E-state index contributed by atoms with van der Waals surface area (Å²) in [6.07, 6.45) is 1.81. The Bertz CT molecular complexity index is 1000. The fraction of sp³-hybridized carbons (Fsp3) is 0.167. The molecule has 1 aliphatic rings. The maximum absolute atomic E-state index is 12.4. The van der Waals surface area contributed by atoms with E-state index in [2.05, 4.69) is 15.5 Å². The molecule has 1 N–H and O–H groups in total. The molecule has 8 nitrogen and oxygen atoms in total. The zero-order valence-corrected chi connectivity index (χ0v) is 14.8. The molecule has 1 amide bonds. The van der Waals surface area contributed by atoms with Crippen molar-refractivity contribution in [3.8, 4) is 16.3 Å². The highest BCUT2D eigenvalue weighted by molar-refractivity contribution is 7.18. The standard InChI is InChI=1S/C18H14N4O4S/c23-16(19-18-21-20-17(27-18)11-4-2-1-3-5-11)12-6-9-15(26-13-7-8-13)14(10-12)22(24)25/h1-6,9-10,13H,7-8H2,(H,19,21,23). The van der Waals surface area contributed by atoms with E-state index >= 15 is 0 Å². The molecule has 2 aromatic carbocycles. The topological polar surface area (TPSA) is 107 Å². The highest BCUT2D eigenvalue weighted by atomic mass is 32.1. The molecule has 0 bridgehead atoms. The Hall–Kier alpha value is -3.33. The number of ether oxygens (including phenoxy) is 1. The first-order valence-electron chi connectivity index (χ1n) is 8.25. The van der Waals surface area contributed by atoms with E-state index in [4.69, 9.17) is 4.74 Å². The van der Waals surface area contributed by atoms with Crippen LogP contribution >= 0.6 is 11.3 Å². The number of nitrogens with zero attached hydrogens (tertiary/aromatic N) is 3. The highest BCUT2D eigenvalue weighted by Crippen LogP contribution is 2.34. The molecular formula is C18H14N4O4S. The van der Waals surface area contributed by atoms with Crippen molar-refractivity contribution in [2.75, 3.05) is 5.32 Å². The van der Waals surface area contributed by atoms with E-state index in [1.165, 1.54) is 29.5 Å².